The van der Waals surface area contributed by atoms with Crippen molar-refractivity contribution in [3.05, 3.63) is 71.3 Å². The first-order chi connectivity index (χ1) is 15.3. The first kappa shape index (κ1) is 29.1. The van der Waals surface area contributed by atoms with Crippen molar-refractivity contribution in [2.24, 2.45) is 5.92 Å². The number of esters is 1. The smallest absolute Gasteiger partial charge is 0.333 e. The van der Waals surface area contributed by atoms with Gasteiger partial charge in [-0.15, -0.1) is 0 Å². The standard InChI is InChI=1S/C28H44O4Si/c1-10-31-27(30)23(4)19-20-25(29)21(2)15-14-16-22(3)26(24-17-12-11-13-18-24)32-33(8,9)28(5,6)7/h11-19,22,25-26,29H,10,20H2,1-9H3/b16-14+,21-15+,23-19+/t22-,25-,26+/m1/s1. The van der Waals surface area contributed by atoms with Gasteiger partial charge in [0.1, 0.15) is 0 Å². The minimum Gasteiger partial charge on any atom is -0.463 e. The van der Waals surface area contributed by atoms with Crippen LogP contribution in [0.3, 0.4) is 0 Å². The summed E-state index contributed by atoms with van der Waals surface area (Å²) in [5, 5.41) is 10.6. The zero-order valence-corrected chi connectivity index (χ0v) is 23.0. The van der Waals surface area contributed by atoms with E-state index in [4.69, 9.17) is 9.16 Å². The summed E-state index contributed by atoms with van der Waals surface area (Å²) in [7, 11) is -1.96. The maximum atomic E-state index is 11.7. The van der Waals surface area contributed by atoms with Crippen LogP contribution in [0.2, 0.25) is 18.1 Å². The number of hydrogen-bond donors (Lipinski definition) is 1. The quantitative estimate of drug-likeness (QED) is 0.161. The number of aliphatic hydroxyl groups is 1. The van der Waals surface area contributed by atoms with E-state index in [0.29, 0.717) is 18.6 Å². The average molecular weight is 473 g/mol. The van der Waals surface area contributed by atoms with E-state index in [1.165, 1.54) is 5.56 Å². The summed E-state index contributed by atoms with van der Waals surface area (Å²) in [5.41, 5.74) is 2.54. The molecule has 184 valence electrons. The summed E-state index contributed by atoms with van der Waals surface area (Å²) in [6, 6.07) is 10.4. The molecule has 0 amide bonds. The van der Waals surface area contributed by atoms with Crippen molar-refractivity contribution >= 4 is 14.3 Å². The Kier molecular flexibility index (Phi) is 11.5. The van der Waals surface area contributed by atoms with Gasteiger partial charge in [-0.25, -0.2) is 4.79 Å². The van der Waals surface area contributed by atoms with Gasteiger partial charge in [-0.05, 0) is 56.5 Å². The van der Waals surface area contributed by atoms with E-state index in [1.54, 1.807) is 19.9 Å². The molecule has 0 spiro atoms. The van der Waals surface area contributed by atoms with E-state index in [1.807, 2.05) is 25.1 Å². The van der Waals surface area contributed by atoms with Gasteiger partial charge in [0.2, 0.25) is 0 Å². The Balaban J connectivity index is 2.94. The van der Waals surface area contributed by atoms with Crippen LogP contribution in [0.15, 0.2) is 65.8 Å². The summed E-state index contributed by atoms with van der Waals surface area (Å²) < 4.78 is 11.8. The molecule has 4 nitrogen and oxygen atoms in total. The highest BCUT2D eigenvalue weighted by Gasteiger charge is 2.40. The van der Waals surface area contributed by atoms with E-state index in [9.17, 15) is 9.90 Å². The summed E-state index contributed by atoms with van der Waals surface area (Å²) in [6.45, 7) is 19.2. The Labute approximate surface area is 202 Å². The Hall–Kier alpha value is -1.95. The SMILES string of the molecule is CCOC(=O)/C(C)=C/C[C@@H](O)/C(C)=C/C=C/[C@@H](C)[C@H](O[Si](C)(C)C(C)(C)C)c1ccccc1. The summed E-state index contributed by atoms with van der Waals surface area (Å²) in [4.78, 5) is 11.7. The van der Waals surface area contributed by atoms with Gasteiger partial charge < -0.3 is 14.3 Å². The second-order valence-electron chi connectivity index (χ2n) is 10.2. The first-order valence-corrected chi connectivity index (χ1v) is 14.8. The maximum absolute atomic E-state index is 11.7. The van der Waals surface area contributed by atoms with Crippen LogP contribution < -0.4 is 0 Å². The molecule has 0 unspecified atom stereocenters. The molecule has 1 aromatic carbocycles. The number of aliphatic hydroxyl groups excluding tert-OH is 1. The molecule has 33 heavy (non-hydrogen) atoms. The molecule has 0 heterocycles. The van der Waals surface area contributed by atoms with Gasteiger partial charge in [-0.2, -0.15) is 0 Å². The molecule has 3 atom stereocenters. The maximum Gasteiger partial charge on any atom is 0.333 e. The van der Waals surface area contributed by atoms with E-state index < -0.39 is 14.4 Å². The Morgan fingerprint density at radius 1 is 1.15 bits per heavy atom. The number of hydrogen-bond acceptors (Lipinski definition) is 4. The van der Waals surface area contributed by atoms with Crippen molar-refractivity contribution in [3.8, 4) is 0 Å². The third-order valence-electron chi connectivity index (χ3n) is 6.38. The van der Waals surface area contributed by atoms with Crippen molar-refractivity contribution < 1.29 is 19.1 Å². The third-order valence-corrected chi connectivity index (χ3v) is 10.8. The zero-order chi connectivity index (χ0) is 25.2. The van der Waals surface area contributed by atoms with Crippen LogP contribution in [0.5, 0.6) is 0 Å². The van der Waals surface area contributed by atoms with E-state index in [2.05, 4.69) is 71.1 Å². The van der Waals surface area contributed by atoms with Gasteiger partial charge in [-0.1, -0.05) is 82.3 Å². The molecule has 1 aromatic rings. The molecule has 0 aliphatic heterocycles. The molecule has 0 saturated heterocycles. The summed E-state index contributed by atoms with van der Waals surface area (Å²) in [5.74, 6) is -0.178. The second kappa shape index (κ2) is 13.1. The lowest BCUT2D eigenvalue weighted by Gasteiger charge is -2.40. The van der Waals surface area contributed by atoms with Crippen LogP contribution in [-0.2, 0) is 14.0 Å². The number of carbonyl (C=O) groups excluding carboxylic acids is 1. The minimum atomic E-state index is -1.96. The molecule has 0 saturated carbocycles. The molecule has 1 N–H and O–H groups in total. The van der Waals surface area contributed by atoms with E-state index >= 15 is 0 Å². The molecular weight excluding hydrogens is 428 g/mol. The summed E-state index contributed by atoms with van der Waals surface area (Å²) in [6.07, 6.45) is 7.49. The number of carbonyl (C=O) groups is 1. The first-order valence-electron chi connectivity index (χ1n) is 11.9. The molecule has 5 heteroatoms. The molecule has 1 rings (SSSR count). The number of benzene rings is 1. The Morgan fingerprint density at radius 3 is 2.30 bits per heavy atom. The molecule has 0 aromatic heterocycles. The predicted octanol–water partition coefficient (Wildman–Crippen LogP) is 7.15. The topological polar surface area (TPSA) is 55.8 Å². The van der Waals surface area contributed by atoms with Crippen LogP contribution in [0.25, 0.3) is 0 Å². The van der Waals surface area contributed by atoms with Crippen molar-refractivity contribution in [2.45, 2.75) is 85.2 Å². The van der Waals surface area contributed by atoms with Gasteiger partial charge in [0.15, 0.2) is 8.32 Å². The Morgan fingerprint density at radius 2 is 1.76 bits per heavy atom. The van der Waals surface area contributed by atoms with Gasteiger partial charge >= 0.3 is 5.97 Å². The summed E-state index contributed by atoms with van der Waals surface area (Å²) >= 11 is 0. The zero-order valence-electron chi connectivity index (χ0n) is 22.0. The molecule has 0 aliphatic rings. The van der Waals surface area contributed by atoms with Crippen LogP contribution in [0.1, 0.15) is 66.6 Å². The third kappa shape index (κ3) is 9.44. The Bertz CT molecular complexity index is 831. The predicted molar refractivity (Wildman–Crippen MR) is 141 cm³/mol. The minimum absolute atomic E-state index is 0.0304. The monoisotopic (exact) mass is 472 g/mol. The number of rotatable bonds is 11. The van der Waals surface area contributed by atoms with E-state index in [0.717, 1.165) is 5.57 Å². The lowest BCUT2D eigenvalue weighted by Crippen LogP contribution is -2.42. The fraction of sp³-hybridized carbons (Fsp3) is 0.536. The lowest BCUT2D eigenvalue weighted by atomic mass is 9.97. The van der Waals surface area contributed by atoms with Crippen LogP contribution >= 0.6 is 0 Å². The highest BCUT2D eigenvalue weighted by atomic mass is 28.4. The highest BCUT2D eigenvalue weighted by Crippen LogP contribution is 2.41. The lowest BCUT2D eigenvalue weighted by molar-refractivity contribution is -0.138. The van der Waals surface area contributed by atoms with Crippen LogP contribution in [0.4, 0.5) is 0 Å². The van der Waals surface area contributed by atoms with Crippen molar-refractivity contribution in [1.29, 1.82) is 0 Å². The van der Waals surface area contributed by atoms with Crippen molar-refractivity contribution in [1.82, 2.24) is 0 Å². The second-order valence-corrected chi connectivity index (χ2v) is 15.0. The molecule has 0 aliphatic carbocycles. The fourth-order valence-electron chi connectivity index (χ4n) is 3.01. The number of allylic oxidation sites excluding steroid dienone is 2. The van der Waals surface area contributed by atoms with Crippen molar-refractivity contribution in [2.75, 3.05) is 6.61 Å². The molecular formula is C28H44O4Si. The highest BCUT2D eigenvalue weighted by molar-refractivity contribution is 6.74. The van der Waals surface area contributed by atoms with Gasteiger partial charge in [0.05, 0.1) is 18.8 Å². The van der Waals surface area contributed by atoms with Gasteiger partial charge in [0.25, 0.3) is 0 Å². The number of ether oxygens (including phenoxy) is 1. The largest absolute Gasteiger partial charge is 0.463 e. The molecule has 0 radical (unpaired) electrons. The average Bonchev–Trinajstić information content (AvgIpc) is 2.75. The van der Waals surface area contributed by atoms with Gasteiger partial charge in [0, 0.05) is 11.5 Å². The van der Waals surface area contributed by atoms with Crippen LogP contribution in [-0.4, -0.2) is 32.1 Å². The van der Waals surface area contributed by atoms with Crippen LogP contribution in [0, 0.1) is 5.92 Å². The van der Waals surface area contributed by atoms with Crippen molar-refractivity contribution in [3.63, 3.8) is 0 Å². The molecule has 0 fully saturated rings. The van der Waals surface area contributed by atoms with E-state index in [-0.39, 0.29) is 23.0 Å². The normalized spacial score (nSPS) is 16.5. The van der Waals surface area contributed by atoms with Gasteiger partial charge in [-0.3, -0.25) is 0 Å². The fourth-order valence-corrected chi connectivity index (χ4v) is 4.35. The molecule has 0 bridgehead atoms.